The summed E-state index contributed by atoms with van der Waals surface area (Å²) in [5.74, 6) is 1.53. The molecule has 2 heterocycles. The molecule has 0 bridgehead atoms. The molecular weight excluding hydrogens is 574 g/mol. The third-order valence-electron chi connectivity index (χ3n) is 7.25. The van der Waals surface area contributed by atoms with Crippen LogP contribution in [0.15, 0.2) is 94.4 Å². The summed E-state index contributed by atoms with van der Waals surface area (Å²) in [6, 6.07) is 18.1. The average Bonchev–Trinajstić information content (AvgIpc) is 3.31. The van der Waals surface area contributed by atoms with Gasteiger partial charge in [-0.2, -0.15) is 0 Å². The van der Waals surface area contributed by atoms with E-state index in [0.29, 0.717) is 56.8 Å². The smallest absolute Gasteiger partial charge is 0.271 e. The van der Waals surface area contributed by atoms with Crippen molar-refractivity contribution in [1.29, 1.82) is 0 Å². The number of carbonyl (C=O) groups is 1. The molecule has 0 radical (unpaired) electrons. The van der Waals surface area contributed by atoms with Gasteiger partial charge in [-0.15, -0.1) is 0 Å². The number of methoxy groups -OCH3 is 1. The first kappa shape index (κ1) is 30.6. The molecule has 44 heavy (non-hydrogen) atoms. The molecule has 226 valence electrons. The third kappa shape index (κ3) is 6.23. The number of nitrogens with one attached hydrogen (secondary N) is 1. The molecule has 8 nitrogen and oxygen atoms in total. The highest BCUT2D eigenvalue weighted by atomic mass is 32.1. The summed E-state index contributed by atoms with van der Waals surface area (Å²) in [7, 11) is 1.60. The highest BCUT2D eigenvalue weighted by Gasteiger charge is 2.32. The molecule has 9 heteroatoms. The average molecular weight is 610 g/mol. The molecule has 5 rings (SSSR count). The van der Waals surface area contributed by atoms with Crippen LogP contribution in [0.5, 0.6) is 17.2 Å². The standard InChI is InChI=1S/C35H35N3O5S/c1-7-17-43-28-16-10-24(19-29(28)42-8-2)20-30-34(40)38-32(25-11-13-26(41-6)14-12-25)31(23(5)36-35(38)44-30)33(39)37-27-15-9-21(3)18-22(27)4/h7,9-16,18-20,32H,1,8,17H2,2-6H3,(H,37,39)/b30-20+/t32-/m1/s1. The molecule has 0 saturated heterocycles. The van der Waals surface area contributed by atoms with Gasteiger partial charge in [-0.3, -0.25) is 14.2 Å². The zero-order chi connectivity index (χ0) is 31.4. The second-order valence-corrected chi connectivity index (χ2v) is 11.4. The molecule has 0 unspecified atom stereocenters. The summed E-state index contributed by atoms with van der Waals surface area (Å²) in [4.78, 5) is 33.3. The number of anilines is 1. The fourth-order valence-corrected chi connectivity index (χ4v) is 6.21. The van der Waals surface area contributed by atoms with Crippen molar-refractivity contribution in [3.63, 3.8) is 0 Å². The number of hydrogen-bond donors (Lipinski definition) is 1. The molecule has 3 aromatic carbocycles. The molecule has 0 spiro atoms. The van der Waals surface area contributed by atoms with Crippen molar-refractivity contribution < 1.29 is 19.0 Å². The van der Waals surface area contributed by atoms with Crippen LogP contribution in [-0.2, 0) is 4.79 Å². The van der Waals surface area contributed by atoms with Crippen molar-refractivity contribution in [3.8, 4) is 17.2 Å². The van der Waals surface area contributed by atoms with Gasteiger partial charge < -0.3 is 19.5 Å². The van der Waals surface area contributed by atoms with Gasteiger partial charge in [0.25, 0.3) is 11.5 Å². The van der Waals surface area contributed by atoms with Crippen LogP contribution in [0.2, 0.25) is 0 Å². The zero-order valence-electron chi connectivity index (χ0n) is 25.5. The molecule has 0 aliphatic carbocycles. The van der Waals surface area contributed by atoms with E-state index < -0.39 is 6.04 Å². The Labute approximate surface area is 260 Å². The van der Waals surface area contributed by atoms with Crippen LogP contribution in [0.3, 0.4) is 0 Å². The number of fused-ring (bicyclic) bond motifs is 1. The van der Waals surface area contributed by atoms with E-state index in [1.54, 1.807) is 24.7 Å². The number of thiazole rings is 1. The van der Waals surface area contributed by atoms with E-state index in [4.69, 9.17) is 19.2 Å². The molecule has 1 amide bonds. The van der Waals surface area contributed by atoms with Crippen LogP contribution in [0.25, 0.3) is 6.08 Å². The van der Waals surface area contributed by atoms with Gasteiger partial charge in [-0.1, -0.05) is 59.9 Å². The lowest BCUT2D eigenvalue weighted by molar-refractivity contribution is -0.113. The summed E-state index contributed by atoms with van der Waals surface area (Å²) < 4.78 is 19.0. The number of amides is 1. The Morgan fingerprint density at radius 3 is 2.50 bits per heavy atom. The number of nitrogens with zero attached hydrogens (tertiary/aromatic N) is 2. The minimum absolute atomic E-state index is 0.246. The van der Waals surface area contributed by atoms with Crippen LogP contribution in [0.4, 0.5) is 5.69 Å². The normalized spacial score (nSPS) is 14.5. The molecule has 1 aliphatic heterocycles. The number of aryl methyl sites for hydroxylation is 2. The first-order chi connectivity index (χ1) is 21.2. The minimum Gasteiger partial charge on any atom is -0.497 e. The quantitative estimate of drug-likeness (QED) is 0.241. The number of benzene rings is 3. The van der Waals surface area contributed by atoms with Crippen LogP contribution in [-0.4, -0.2) is 30.8 Å². The maximum atomic E-state index is 14.1. The monoisotopic (exact) mass is 609 g/mol. The number of ether oxygens (including phenoxy) is 3. The third-order valence-corrected chi connectivity index (χ3v) is 8.23. The molecular formula is C35H35N3O5S. The summed E-state index contributed by atoms with van der Waals surface area (Å²) in [5.41, 5.74) is 4.99. The first-order valence-electron chi connectivity index (χ1n) is 14.3. The lowest BCUT2D eigenvalue weighted by Gasteiger charge is -2.25. The van der Waals surface area contributed by atoms with Gasteiger partial charge in [0, 0.05) is 5.69 Å². The maximum absolute atomic E-state index is 14.1. The first-order valence-corrected chi connectivity index (χ1v) is 15.1. The Kier molecular flexibility index (Phi) is 9.15. The topological polar surface area (TPSA) is 91.2 Å². The van der Waals surface area contributed by atoms with Crippen LogP contribution in [0.1, 0.15) is 42.1 Å². The second-order valence-electron chi connectivity index (χ2n) is 10.4. The molecule has 1 aliphatic rings. The van der Waals surface area contributed by atoms with Gasteiger partial charge in [0.2, 0.25) is 0 Å². The van der Waals surface area contributed by atoms with E-state index in [2.05, 4.69) is 11.9 Å². The number of hydrogen-bond acceptors (Lipinski definition) is 7. The van der Waals surface area contributed by atoms with Crippen molar-refractivity contribution >= 4 is 29.0 Å². The van der Waals surface area contributed by atoms with E-state index in [0.717, 1.165) is 22.3 Å². The predicted molar refractivity (Wildman–Crippen MR) is 175 cm³/mol. The largest absolute Gasteiger partial charge is 0.497 e. The number of rotatable bonds is 10. The number of allylic oxidation sites excluding steroid dienone is 1. The van der Waals surface area contributed by atoms with Gasteiger partial charge in [0.05, 0.1) is 35.6 Å². The van der Waals surface area contributed by atoms with Gasteiger partial charge in [0.15, 0.2) is 16.3 Å². The fraction of sp³-hybridized carbons (Fsp3) is 0.229. The van der Waals surface area contributed by atoms with E-state index in [9.17, 15) is 9.59 Å². The van der Waals surface area contributed by atoms with E-state index >= 15 is 0 Å². The Morgan fingerprint density at radius 1 is 1.05 bits per heavy atom. The predicted octanol–water partition coefficient (Wildman–Crippen LogP) is 5.46. The Balaban J connectivity index is 1.62. The summed E-state index contributed by atoms with van der Waals surface area (Å²) in [5, 5.41) is 3.06. The number of aromatic nitrogens is 1. The summed E-state index contributed by atoms with van der Waals surface area (Å²) in [6.07, 6.45) is 3.48. The van der Waals surface area contributed by atoms with E-state index in [1.807, 2.05) is 87.5 Å². The second kappa shape index (κ2) is 13.2. The Morgan fingerprint density at radius 2 is 1.82 bits per heavy atom. The highest BCUT2D eigenvalue weighted by Crippen LogP contribution is 2.32. The van der Waals surface area contributed by atoms with E-state index in [1.165, 1.54) is 11.3 Å². The number of carbonyl (C=O) groups excluding carboxylic acids is 1. The Hall–Kier alpha value is -4.89. The molecule has 1 atom stereocenters. The van der Waals surface area contributed by atoms with Gasteiger partial charge >= 0.3 is 0 Å². The van der Waals surface area contributed by atoms with Crippen LogP contribution < -0.4 is 34.4 Å². The van der Waals surface area contributed by atoms with Crippen molar-refractivity contribution in [2.45, 2.75) is 33.7 Å². The highest BCUT2D eigenvalue weighted by molar-refractivity contribution is 7.07. The van der Waals surface area contributed by atoms with Crippen molar-refractivity contribution in [2.75, 3.05) is 25.6 Å². The lowest BCUT2D eigenvalue weighted by Crippen LogP contribution is -2.40. The minimum atomic E-state index is -0.696. The van der Waals surface area contributed by atoms with Gasteiger partial charge in [-0.05, 0) is 80.8 Å². The maximum Gasteiger partial charge on any atom is 0.271 e. The molecule has 4 aromatic rings. The summed E-state index contributed by atoms with van der Waals surface area (Å²) >= 11 is 1.28. The van der Waals surface area contributed by atoms with Crippen molar-refractivity contribution in [3.05, 3.63) is 127 Å². The summed E-state index contributed by atoms with van der Waals surface area (Å²) in [6.45, 7) is 12.2. The molecule has 0 fully saturated rings. The Bertz CT molecular complexity index is 1940. The van der Waals surface area contributed by atoms with Gasteiger partial charge in [0.1, 0.15) is 12.4 Å². The fourth-order valence-electron chi connectivity index (χ4n) is 5.16. The van der Waals surface area contributed by atoms with E-state index in [-0.39, 0.29) is 11.5 Å². The van der Waals surface area contributed by atoms with Gasteiger partial charge in [-0.25, -0.2) is 4.99 Å². The lowest BCUT2D eigenvalue weighted by atomic mass is 9.95. The van der Waals surface area contributed by atoms with Crippen molar-refractivity contribution in [1.82, 2.24) is 4.57 Å². The van der Waals surface area contributed by atoms with Crippen molar-refractivity contribution in [2.24, 2.45) is 4.99 Å². The van der Waals surface area contributed by atoms with Crippen LogP contribution >= 0.6 is 11.3 Å². The molecule has 1 aromatic heterocycles. The molecule has 1 N–H and O–H groups in total. The van der Waals surface area contributed by atoms with Crippen LogP contribution in [0, 0.1) is 13.8 Å². The zero-order valence-corrected chi connectivity index (χ0v) is 26.3. The molecule has 0 saturated carbocycles. The SMILES string of the molecule is C=CCOc1ccc(/C=c2/sc3n(c2=O)[C@H](c2ccc(OC)cc2)C(C(=O)Nc2ccc(C)cc2C)=C(C)N=3)cc1OCC.